The highest BCUT2D eigenvalue weighted by atomic mass is 16.6. The smallest absolute Gasteiger partial charge is 0.410 e. The molecule has 152 valence electrons. The highest BCUT2D eigenvalue weighted by molar-refractivity contribution is 6.08. The summed E-state index contributed by atoms with van der Waals surface area (Å²) in [6.45, 7) is 7.68. The molecule has 3 rings (SSSR count). The van der Waals surface area contributed by atoms with E-state index >= 15 is 0 Å². The van der Waals surface area contributed by atoms with Crippen LogP contribution in [0.1, 0.15) is 31.1 Å². The molecule has 0 unspecified atom stereocenters. The Morgan fingerprint density at radius 3 is 2.36 bits per heavy atom. The molecule has 0 bridgehead atoms. The van der Waals surface area contributed by atoms with Crippen LogP contribution in [0.3, 0.4) is 0 Å². The van der Waals surface area contributed by atoms with Crippen molar-refractivity contribution < 1.29 is 24.2 Å². The number of rotatable bonds is 3. The molecule has 1 fully saturated rings. The maximum atomic E-state index is 12.3. The van der Waals surface area contributed by atoms with Gasteiger partial charge in [0.15, 0.2) is 0 Å². The van der Waals surface area contributed by atoms with Crippen molar-refractivity contribution in [1.29, 1.82) is 0 Å². The van der Waals surface area contributed by atoms with Gasteiger partial charge in [-0.05, 0) is 26.8 Å². The van der Waals surface area contributed by atoms with E-state index < -0.39 is 11.6 Å². The normalized spacial score (nSPS) is 15.0. The van der Waals surface area contributed by atoms with Crippen LogP contribution in [0.5, 0.6) is 5.75 Å². The number of nitrogens with zero attached hydrogens (tertiary/aromatic N) is 4. The van der Waals surface area contributed by atoms with Gasteiger partial charge in [0, 0.05) is 44.8 Å². The third kappa shape index (κ3) is 3.83. The van der Waals surface area contributed by atoms with Crippen molar-refractivity contribution in [3.63, 3.8) is 0 Å². The molecule has 9 heteroatoms. The maximum absolute atomic E-state index is 12.3. The minimum absolute atomic E-state index is 0.101. The van der Waals surface area contributed by atoms with Crippen LogP contribution in [0, 0.1) is 0 Å². The standard InChI is InChI=1S/C19H26N4O5/c1-19(2,3)28-18(26)23-8-6-22(7-9-23)16-13-11-21(4)20-15(13)12(17(24)25)10-14(16)27-5/h10-11H,6-9H2,1-5H3,(H,24,25). The van der Waals surface area contributed by atoms with Crippen molar-refractivity contribution in [1.82, 2.24) is 14.7 Å². The minimum Gasteiger partial charge on any atom is -0.495 e. The summed E-state index contributed by atoms with van der Waals surface area (Å²) in [7, 11) is 3.27. The number of fused-ring (bicyclic) bond motifs is 1. The molecule has 0 radical (unpaired) electrons. The lowest BCUT2D eigenvalue weighted by atomic mass is 10.1. The number of anilines is 1. The molecule has 9 nitrogen and oxygen atoms in total. The zero-order valence-electron chi connectivity index (χ0n) is 16.9. The third-order valence-corrected chi connectivity index (χ3v) is 4.55. The first-order chi connectivity index (χ1) is 13.1. The number of carboxylic acid groups (broad SMARTS) is 1. The monoisotopic (exact) mass is 390 g/mol. The number of hydrogen-bond acceptors (Lipinski definition) is 6. The van der Waals surface area contributed by atoms with Crippen molar-refractivity contribution in [2.24, 2.45) is 7.05 Å². The quantitative estimate of drug-likeness (QED) is 0.859. The fraction of sp³-hybridized carbons (Fsp3) is 0.526. The van der Waals surface area contributed by atoms with E-state index in [-0.39, 0.29) is 11.7 Å². The van der Waals surface area contributed by atoms with Gasteiger partial charge in [0.1, 0.15) is 16.9 Å². The van der Waals surface area contributed by atoms with Gasteiger partial charge in [-0.15, -0.1) is 0 Å². The average molecular weight is 390 g/mol. The van der Waals surface area contributed by atoms with Gasteiger partial charge in [-0.2, -0.15) is 5.10 Å². The number of carbonyl (C=O) groups is 2. The third-order valence-electron chi connectivity index (χ3n) is 4.55. The second-order valence-electron chi connectivity index (χ2n) is 7.80. The summed E-state index contributed by atoms with van der Waals surface area (Å²) in [5.41, 5.74) is 0.773. The highest BCUT2D eigenvalue weighted by Crippen LogP contribution is 2.38. The molecular formula is C19H26N4O5. The first kappa shape index (κ1) is 19.8. The Balaban J connectivity index is 1.90. The minimum atomic E-state index is -1.05. The Morgan fingerprint density at radius 1 is 1.18 bits per heavy atom. The van der Waals surface area contributed by atoms with Gasteiger partial charge in [-0.1, -0.05) is 0 Å². The second kappa shape index (κ2) is 7.21. The lowest BCUT2D eigenvalue weighted by Gasteiger charge is -2.37. The Kier molecular flexibility index (Phi) is 5.10. The van der Waals surface area contributed by atoms with E-state index in [0.717, 1.165) is 5.69 Å². The number of piperazine rings is 1. The molecule has 1 amide bonds. The number of aromatic nitrogens is 2. The van der Waals surface area contributed by atoms with Crippen molar-refractivity contribution in [3.05, 3.63) is 17.8 Å². The molecule has 0 aliphatic carbocycles. The van der Waals surface area contributed by atoms with Crippen molar-refractivity contribution >= 4 is 28.7 Å². The first-order valence-electron chi connectivity index (χ1n) is 9.11. The number of amides is 1. The lowest BCUT2D eigenvalue weighted by Crippen LogP contribution is -2.50. The fourth-order valence-electron chi connectivity index (χ4n) is 3.35. The van der Waals surface area contributed by atoms with Crippen LogP contribution in [0.25, 0.3) is 10.9 Å². The van der Waals surface area contributed by atoms with Crippen molar-refractivity contribution in [3.8, 4) is 5.75 Å². The molecule has 0 saturated carbocycles. The largest absolute Gasteiger partial charge is 0.495 e. The second-order valence-corrected chi connectivity index (χ2v) is 7.80. The SMILES string of the molecule is COc1cc(C(=O)O)c2nn(C)cc2c1N1CCN(C(=O)OC(C)(C)C)CC1. The van der Waals surface area contributed by atoms with Crippen LogP contribution >= 0.6 is 0 Å². The topological polar surface area (TPSA) is 97.1 Å². The van der Waals surface area contributed by atoms with Crippen molar-refractivity contribution in [2.45, 2.75) is 26.4 Å². The molecule has 2 heterocycles. The number of carbonyl (C=O) groups excluding carboxylic acids is 1. The van der Waals surface area contributed by atoms with E-state index in [9.17, 15) is 14.7 Å². The zero-order valence-corrected chi connectivity index (χ0v) is 16.9. The number of methoxy groups -OCH3 is 1. The van der Waals surface area contributed by atoms with E-state index in [0.29, 0.717) is 42.8 Å². The van der Waals surface area contributed by atoms with E-state index in [2.05, 4.69) is 10.00 Å². The van der Waals surface area contributed by atoms with E-state index in [1.807, 2.05) is 20.8 Å². The van der Waals surface area contributed by atoms with Crippen LogP contribution in [-0.4, -0.2) is 70.7 Å². The Labute approximate surface area is 163 Å². The maximum Gasteiger partial charge on any atom is 0.410 e. The summed E-state index contributed by atoms with van der Waals surface area (Å²) in [6.07, 6.45) is 1.46. The van der Waals surface area contributed by atoms with Crippen LogP contribution in [-0.2, 0) is 11.8 Å². The number of benzene rings is 1. The Bertz CT molecular complexity index is 907. The van der Waals surface area contributed by atoms with Gasteiger partial charge in [-0.3, -0.25) is 4.68 Å². The molecule has 1 aliphatic rings. The summed E-state index contributed by atoms with van der Waals surface area (Å²) in [6, 6.07) is 1.51. The molecule has 1 N–H and O–H groups in total. The van der Waals surface area contributed by atoms with E-state index in [1.54, 1.807) is 22.8 Å². The van der Waals surface area contributed by atoms with Crippen LogP contribution < -0.4 is 9.64 Å². The van der Waals surface area contributed by atoms with Gasteiger partial charge >= 0.3 is 12.1 Å². The molecule has 1 saturated heterocycles. The first-order valence-corrected chi connectivity index (χ1v) is 9.11. The van der Waals surface area contributed by atoms with Gasteiger partial charge in [0.05, 0.1) is 18.4 Å². The molecule has 1 aromatic heterocycles. The van der Waals surface area contributed by atoms with Gasteiger partial charge in [0.25, 0.3) is 0 Å². The predicted molar refractivity (Wildman–Crippen MR) is 104 cm³/mol. The summed E-state index contributed by atoms with van der Waals surface area (Å²) in [5, 5.41) is 14.6. The van der Waals surface area contributed by atoms with Crippen LogP contribution in [0.4, 0.5) is 10.5 Å². The predicted octanol–water partition coefficient (Wildman–Crippen LogP) is 2.34. The summed E-state index contributed by atoms with van der Waals surface area (Å²) in [4.78, 5) is 27.7. The van der Waals surface area contributed by atoms with Gasteiger partial charge in [-0.25, -0.2) is 9.59 Å². The Morgan fingerprint density at radius 2 is 1.82 bits per heavy atom. The number of carboxylic acids is 1. The number of aromatic carboxylic acids is 1. The van der Waals surface area contributed by atoms with Gasteiger partial charge < -0.3 is 24.4 Å². The fourth-order valence-corrected chi connectivity index (χ4v) is 3.35. The molecule has 2 aromatic rings. The zero-order chi connectivity index (χ0) is 20.6. The lowest BCUT2D eigenvalue weighted by molar-refractivity contribution is 0.0240. The molecule has 1 aromatic carbocycles. The average Bonchev–Trinajstić information content (AvgIpc) is 2.99. The number of hydrogen-bond donors (Lipinski definition) is 1. The number of ether oxygens (including phenoxy) is 2. The molecular weight excluding hydrogens is 364 g/mol. The molecule has 1 aliphatic heterocycles. The van der Waals surface area contributed by atoms with E-state index in [4.69, 9.17) is 9.47 Å². The van der Waals surface area contributed by atoms with Crippen LogP contribution in [0.15, 0.2) is 12.3 Å². The van der Waals surface area contributed by atoms with Gasteiger partial charge in [0.2, 0.25) is 0 Å². The molecule has 0 spiro atoms. The van der Waals surface area contributed by atoms with Crippen LogP contribution in [0.2, 0.25) is 0 Å². The van der Waals surface area contributed by atoms with E-state index in [1.165, 1.54) is 13.2 Å². The Hall–Kier alpha value is -2.97. The van der Waals surface area contributed by atoms with Crippen molar-refractivity contribution in [2.75, 3.05) is 38.2 Å². The molecule has 28 heavy (non-hydrogen) atoms. The highest BCUT2D eigenvalue weighted by Gasteiger charge is 2.29. The molecule has 0 atom stereocenters. The summed E-state index contributed by atoms with van der Waals surface area (Å²) >= 11 is 0. The summed E-state index contributed by atoms with van der Waals surface area (Å²) in [5.74, 6) is -0.577. The summed E-state index contributed by atoms with van der Waals surface area (Å²) < 4.78 is 12.5. The number of aryl methyl sites for hydroxylation is 1.